The van der Waals surface area contributed by atoms with E-state index >= 15 is 4.39 Å². The number of aromatic hydroxyl groups is 1. The van der Waals surface area contributed by atoms with E-state index < -0.39 is 11.7 Å². The second-order valence-electron chi connectivity index (χ2n) is 11.4. The molecule has 2 bridgehead atoms. The van der Waals surface area contributed by atoms with Gasteiger partial charge in [-0.25, -0.2) is 9.37 Å². The number of hydrogen-bond donors (Lipinski definition) is 2. The highest BCUT2D eigenvalue weighted by Crippen LogP contribution is 2.47. The summed E-state index contributed by atoms with van der Waals surface area (Å²) < 4.78 is 26.9. The first kappa shape index (κ1) is 23.5. The predicted octanol–water partition coefficient (Wildman–Crippen LogP) is 3.45. The Morgan fingerprint density at radius 2 is 1.84 bits per heavy atom. The highest BCUT2D eigenvalue weighted by atomic mass is 19.1. The van der Waals surface area contributed by atoms with Crippen molar-refractivity contribution in [3.8, 4) is 39.9 Å². The first-order chi connectivity index (χ1) is 18.3. The van der Waals surface area contributed by atoms with Crippen molar-refractivity contribution in [3.63, 3.8) is 0 Å². The number of alkyl halides is 1. The van der Waals surface area contributed by atoms with Gasteiger partial charge in [-0.15, -0.1) is 20.4 Å². The summed E-state index contributed by atoms with van der Waals surface area (Å²) in [4.78, 5) is 6.68. The second-order valence-corrected chi connectivity index (χ2v) is 11.4. The van der Waals surface area contributed by atoms with Gasteiger partial charge in [-0.05, 0) is 58.1 Å². The van der Waals surface area contributed by atoms with Crippen LogP contribution in [-0.2, 0) is 0 Å². The van der Waals surface area contributed by atoms with Gasteiger partial charge in [0.15, 0.2) is 5.75 Å². The Labute approximate surface area is 219 Å². The zero-order valence-corrected chi connectivity index (χ0v) is 21.4. The minimum Gasteiger partial charge on any atom is -0.507 e. The number of halogens is 1. The molecule has 3 fully saturated rings. The van der Waals surface area contributed by atoms with Crippen LogP contribution in [0.2, 0.25) is 0 Å². The van der Waals surface area contributed by atoms with Crippen LogP contribution in [0.1, 0.15) is 46.0 Å². The van der Waals surface area contributed by atoms with E-state index in [4.69, 9.17) is 9.47 Å². The number of nitrogens with one attached hydrogen (secondary N) is 1. The van der Waals surface area contributed by atoms with Crippen molar-refractivity contribution >= 4 is 5.95 Å². The SMILES string of the molecule is C[C@]12CC[C@](C)(N1)[C@H](F)[C@H](N(c1ncc(-c3ccc(-c4cc5c(nn4)OCCO5)cc3O)nn1)C1CC1)C2. The van der Waals surface area contributed by atoms with Crippen molar-refractivity contribution in [3.05, 3.63) is 30.5 Å². The Bertz CT molecular complexity index is 1390. The standard InChI is InChI=1S/C27H30FN7O3/c1-26-7-8-27(2,34-26)23(28)20(13-26)35(16-4-5-16)25-29-14-19(31-33-25)17-6-3-15(11-21(17)36)18-12-22-24(32-30-18)38-10-9-37-22/h3,6,11-12,14,16,20,23,34,36H,4-5,7-10,13H2,1-2H3/t20-,23-,26-,27+/m1/s1. The number of piperidine rings is 1. The topological polar surface area (TPSA) is 118 Å². The fourth-order valence-corrected chi connectivity index (χ4v) is 6.29. The number of rotatable bonds is 5. The van der Waals surface area contributed by atoms with E-state index in [1.807, 2.05) is 13.0 Å². The third-order valence-corrected chi connectivity index (χ3v) is 8.34. The molecule has 0 radical (unpaired) electrons. The maximum atomic E-state index is 15.8. The van der Waals surface area contributed by atoms with Crippen LogP contribution in [0, 0.1) is 0 Å². The average molecular weight is 520 g/mol. The number of benzene rings is 1. The maximum absolute atomic E-state index is 15.8. The minimum absolute atomic E-state index is 0.0155. The molecular weight excluding hydrogens is 489 g/mol. The highest BCUT2D eigenvalue weighted by molar-refractivity contribution is 5.73. The van der Waals surface area contributed by atoms with Crippen molar-refractivity contribution in [2.24, 2.45) is 0 Å². The van der Waals surface area contributed by atoms with Crippen molar-refractivity contribution in [2.45, 2.75) is 75.3 Å². The zero-order valence-electron chi connectivity index (χ0n) is 21.4. The van der Waals surface area contributed by atoms with Gasteiger partial charge in [-0.2, -0.15) is 0 Å². The summed E-state index contributed by atoms with van der Waals surface area (Å²) in [6.07, 6.45) is 5.07. The van der Waals surface area contributed by atoms with Crippen molar-refractivity contribution in [1.82, 2.24) is 30.7 Å². The van der Waals surface area contributed by atoms with E-state index in [1.165, 1.54) is 0 Å². The van der Waals surface area contributed by atoms with E-state index in [0.717, 1.165) is 25.7 Å². The Balaban J connectivity index is 1.15. The summed E-state index contributed by atoms with van der Waals surface area (Å²) >= 11 is 0. The molecule has 3 aromatic rings. The molecule has 38 heavy (non-hydrogen) atoms. The van der Waals surface area contributed by atoms with E-state index in [0.29, 0.717) is 59.7 Å². The Kier molecular flexibility index (Phi) is 5.23. The van der Waals surface area contributed by atoms with E-state index in [-0.39, 0.29) is 23.4 Å². The lowest BCUT2D eigenvalue weighted by Crippen LogP contribution is -2.66. The van der Waals surface area contributed by atoms with Gasteiger partial charge >= 0.3 is 0 Å². The Morgan fingerprint density at radius 3 is 2.61 bits per heavy atom. The normalized spacial score (nSPS) is 29.8. The summed E-state index contributed by atoms with van der Waals surface area (Å²) in [6.45, 7) is 5.07. The molecule has 198 valence electrons. The third-order valence-electron chi connectivity index (χ3n) is 8.34. The molecule has 0 spiro atoms. The number of aromatic nitrogens is 5. The number of anilines is 1. The van der Waals surface area contributed by atoms with Gasteiger partial charge in [0, 0.05) is 34.3 Å². The quantitative estimate of drug-likeness (QED) is 0.519. The van der Waals surface area contributed by atoms with E-state index in [2.05, 4.69) is 42.5 Å². The summed E-state index contributed by atoms with van der Waals surface area (Å²) in [7, 11) is 0. The number of ether oxygens (including phenoxy) is 2. The summed E-state index contributed by atoms with van der Waals surface area (Å²) in [6, 6.07) is 6.84. The molecule has 2 N–H and O–H groups in total. The monoisotopic (exact) mass is 519 g/mol. The van der Waals surface area contributed by atoms with Crippen LogP contribution in [0.4, 0.5) is 10.3 Å². The Hall–Kier alpha value is -3.60. The largest absolute Gasteiger partial charge is 0.507 e. The maximum Gasteiger partial charge on any atom is 0.276 e. The fraction of sp³-hybridized carbons (Fsp3) is 0.519. The smallest absolute Gasteiger partial charge is 0.276 e. The number of phenolic OH excluding ortho intramolecular Hbond substituents is 1. The summed E-state index contributed by atoms with van der Waals surface area (Å²) in [5.41, 5.74) is 1.53. The number of phenols is 1. The molecule has 1 aromatic carbocycles. The molecule has 10 nitrogen and oxygen atoms in total. The Morgan fingerprint density at radius 1 is 1.03 bits per heavy atom. The van der Waals surface area contributed by atoms with Gasteiger partial charge in [0.1, 0.15) is 30.8 Å². The van der Waals surface area contributed by atoms with Gasteiger partial charge in [0.25, 0.3) is 5.88 Å². The van der Waals surface area contributed by atoms with E-state index in [1.54, 1.807) is 24.4 Å². The molecule has 7 rings (SSSR count). The lowest BCUT2D eigenvalue weighted by atomic mass is 9.82. The molecule has 4 aliphatic rings. The molecular formula is C27H30FN7O3. The molecule has 0 amide bonds. The van der Waals surface area contributed by atoms with Crippen LogP contribution >= 0.6 is 0 Å². The molecule has 3 aliphatic heterocycles. The molecule has 2 aromatic heterocycles. The van der Waals surface area contributed by atoms with Crippen molar-refractivity contribution in [1.29, 1.82) is 0 Å². The van der Waals surface area contributed by atoms with E-state index in [9.17, 15) is 5.11 Å². The van der Waals surface area contributed by atoms with Crippen LogP contribution in [0.5, 0.6) is 17.4 Å². The molecule has 4 atom stereocenters. The summed E-state index contributed by atoms with van der Waals surface area (Å²) in [5, 5.41) is 31.4. The first-order valence-corrected chi connectivity index (χ1v) is 13.2. The van der Waals surface area contributed by atoms with Gasteiger partial charge < -0.3 is 24.8 Å². The molecule has 1 saturated carbocycles. The summed E-state index contributed by atoms with van der Waals surface area (Å²) in [5.74, 6) is 1.35. The molecule has 2 saturated heterocycles. The second kappa shape index (κ2) is 8.45. The lowest BCUT2D eigenvalue weighted by molar-refractivity contribution is 0.0828. The minimum atomic E-state index is -1.03. The molecule has 5 heterocycles. The first-order valence-electron chi connectivity index (χ1n) is 13.2. The highest BCUT2D eigenvalue weighted by Gasteiger charge is 2.58. The number of hydrogen-bond acceptors (Lipinski definition) is 10. The predicted molar refractivity (Wildman–Crippen MR) is 137 cm³/mol. The number of nitrogens with zero attached hydrogens (tertiary/aromatic N) is 6. The van der Waals surface area contributed by atoms with Crippen LogP contribution in [0.25, 0.3) is 22.5 Å². The van der Waals surface area contributed by atoms with Gasteiger partial charge in [-0.3, -0.25) is 0 Å². The van der Waals surface area contributed by atoms with Crippen molar-refractivity contribution in [2.75, 3.05) is 18.1 Å². The van der Waals surface area contributed by atoms with Gasteiger partial charge in [0.2, 0.25) is 5.95 Å². The third kappa shape index (κ3) is 3.91. The van der Waals surface area contributed by atoms with Crippen LogP contribution in [0.3, 0.4) is 0 Å². The van der Waals surface area contributed by atoms with Crippen LogP contribution in [0.15, 0.2) is 30.5 Å². The zero-order chi connectivity index (χ0) is 26.1. The fourth-order valence-electron chi connectivity index (χ4n) is 6.29. The molecule has 0 unspecified atom stereocenters. The van der Waals surface area contributed by atoms with Crippen LogP contribution < -0.4 is 19.7 Å². The van der Waals surface area contributed by atoms with Gasteiger partial charge in [-0.1, -0.05) is 6.07 Å². The van der Waals surface area contributed by atoms with Gasteiger partial charge in [0.05, 0.1) is 17.9 Å². The van der Waals surface area contributed by atoms with Crippen LogP contribution in [-0.4, -0.2) is 73.0 Å². The average Bonchev–Trinajstić information content (AvgIpc) is 3.72. The number of fused-ring (bicyclic) bond motifs is 3. The lowest BCUT2D eigenvalue weighted by Gasteiger charge is -2.48. The molecule has 1 aliphatic carbocycles. The van der Waals surface area contributed by atoms with Crippen molar-refractivity contribution < 1.29 is 19.0 Å². The molecule has 11 heteroatoms.